The summed E-state index contributed by atoms with van der Waals surface area (Å²) >= 11 is 0. The van der Waals surface area contributed by atoms with Gasteiger partial charge in [0.2, 0.25) is 11.8 Å². The van der Waals surface area contributed by atoms with Crippen molar-refractivity contribution in [2.75, 3.05) is 50.5 Å². The smallest absolute Gasteiger partial charge is 0.388 e. The molecule has 3 amide bonds. The zero-order chi connectivity index (χ0) is 49.0. The predicted molar refractivity (Wildman–Crippen MR) is 263 cm³/mol. The highest BCUT2D eigenvalue weighted by Crippen LogP contribution is 2.35. The lowest BCUT2D eigenvalue weighted by Crippen LogP contribution is -2.44. The van der Waals surface area contributed by atoms with E-state index in [1.807, 2.05) is 66.2 Å². The number of aryl methyl sites for hydroxylation is 1. The third-order valence-corrected chi connectivity index (χ3v) is 14.8. The maximum atomic E-state index is 15.9. The maximum Gasteiger partial charge on any atom is 0.395 e. The van der Waals surface area contributed by atoms with Gasteiger partial charge in [-0.15, -0.1) is 0 Å². The number of aromatic nitrogens is 4. The van der Waals surface area contributed by atoms with Gasteiger partial charge < -0.3 is 10.2 Å². The van der Waals surface area contributed by atoms with Crippen molar-refractivity contribution in [1.82, 2.24) is 38.1 Å². The largest absolute Gasteiger partial charge is 0.395 e. The van der Waals surface area contributed by atoms with Crippen LogP contribution in [-0.4, -0.2) is 91.9 Å². The zero-order valence-electron chi connectivity index (χ0n) is 39.7. The molecule has 3 fully saturated rings. The molecule has 0 spiro atoms. The van der Waals surface area contributed by atoms with Crippen molar-refractivity contribution >= 4 is 51.7 Å². The molecule has 4 aliphatic rings. The summed E-state index contributed by atoms with van der Waals surface area (Å²) in [5, 5.41) is 6.17. The first kappa shape index (κ1) is 46.3. The number of carbonyl (C=O) groups is 3. The second-order valence-corrected chi connectivity index (χ2v) is 19.0. The molecule has 3 aromatic carbocycles. The summed E-state index contributed by atoms with van der Waals surface area (Å²) in [6.07, 6.45) is 6.87. The van der Waals surface area contributed by atoms with Crippen LogP contribution >= 0.6 is 0 Å². The Hall–Kier alpha value is -7.42. The highest BCUT2D eigenvalue weighted by Gasteiger charge is 2.33. The second-order valence-electron chi connectivity index (χ2n) is 19.0. The number of hydrogen-bond donors (Lipinski definition) is 2. The monoisotopic (exact) mass is 949 g/mol. The summed E-state index contributed by atoms with van der Waals surface area (Å²) in [5.41, 5.74) is 6.84. The molecule has 10 rings (SSSR count). The summed E-state index contributed by atoms with van der Waals surface area (Å²) < 4.78 is 42.8. The Morgan fingerprint density at radius 2 is 1.50 bits per heavy atom. The van der Waals surface area contributed by atoms with Crippen LogP contribution in [0, 0.1) is 11.6 Å². The molecule has 0 radical (unpaired) electrons. The number of imide groups is 1. The Kier molecular flexibility index (Phi) is 12.5. The molecule has 15 nitrogen and oxygen atoms in total. The van der Waals surface area contributed by atoms with Crippen LogP contribution in [0.4, 0.5) is 20.2 Å². The van der Waals surface area contributed by atoms with Gasteiger partial charge in [-0.25, -0.2) is 18.1 Å². The first-order chi connectivity index (χ1) is 33.8. The number of amides is 3. The van der Waals surface area contributed by atoms with Gasteiger partial charge in [0, 0.05) is 74.9 Å². The maximum absolute atomic E-state index is 15.9. The van der Waals surface area contributed by atoms with Crippen molar-refractivity contribution in [1.29, 1.82) is 0 Å². The number of anilines is 2. The number of halogens is 2. The molecule has 0 saturated carbocycles. The molecular weight excluding hydrogens is 895 g/mol. The van der Waals surface area contributed by atoms with E-state index in [9.17, 15) is 24.0 Å². The van der Waals surface area contributed by atoms with Gasteiger partial charge in [-0.05, 0) is 124 Å². The van der Waals surface area contributed by atoms with E-state index in [2.05, 4.69) is 31.0 Å². The van der Waals surface area contributed by atoms with Crippen LogP contribution in [-0.2, 0) is 36.8 Å². The average Bonchev–Trinajstić information content (AvgIpc) is 3.81. The van der Waals surface area contributed by atoms with Crippen LogP contribution in [0.5, 0.6) is 0 Å². The lowest BCUT2D eigenvalue weighted by Gasteiger charge is -2.32. The summed E-state index contributed by atoms with van der Waals surface area (Å²) in [4.78, 5) is 70.2. The van der Waals surface area contributed by atoms with E-state index in [0.29, 0.717) is 67.3 Å². The van der Waals surface area contributed by atoms with Crippen molar-refractivity contribution in [2.24, 2.45) is 14.1 Å². The minimum atomic E-state index is -0.726. The number of nitrogens with zero attached hydrogens (tertiary/aromatic N) is 8. The normalized spacial score (nSPS) is 18.0. The van der Waals surface area contributed by atoms with Crippen LogP contribution in [0.15, 0.2) is 94.7 Å². The Morgan fingerprint density at radius 1 is 0.814 bits per heavy atom. The third-order valence-electron chi connectivity index (χ3n) is 14.8. The standard InChI is InChI=1S/C53H54F2N10O5/c1-56-37-18-24-64(48(67)28-37)43-13-19-57-50-40(43)29-39(59(50)2)31-63-22-16-35(17-23-63)49-41(54)26-36(27-42(49)55)52(69)60(3)38-8-6-33(7-9-38)34-14-20-62(21-15-34)30-32-5-10-44-46(25-32)61(4)53(70)65(44)45-11-12-47(66)58-51(45)68/h5-10,13,18,24-29,34-35,45H,11-12,14-17,20-23,30-31H2,1-4H3,(H-,56,58,66,67,68)/p+1. The number of piperidine rings is 3. The zero-order valence-corrected chi connectivity index (χ0v) is 39.7. The molecule has 360 valence electrons. The Labute approximate surface area is 402 Å². The molecule has 2 N–H and O–H groups in total. The molecule has 7 heterocycles. The molecule has 1 atom stereocenters. The van der Waals surface area contributed by atoms with Crippen molar-refractivity contribution < 1.29 is 23.2 Å². The number of benzene rings is 3. The van der Waals surface area contributed by atoms with Crippen molar-refractivity contribution in [3.63, 3.8) is 0 Å². The van der Waals surface area contributed by atoms with Gasteiger partial charge in [0.15, 0.2) is 5.87 Å². The number of allylic oxidation sites excluding steroid dienone is 1. The molecule has 17 heteroatoms. The van der Waals surface area contributed by atoms with Crippen LogP contribution in [0.25, 0.3) is 16.7 Å². The first-order valence-electron chi connectivity index (χ1n) is 23.9. The molecule has 70 heavy (non-hydrogen) atoms. The number of pyridine rings is 1. The SMILES string of the molecule is CNc1ccn(C2=c3cc(CN4CCC(c5c(F)cc(C(=O)N(C)c6ccc(C7CCN(Cc8ccc9c(c8)n(C)c(=O)n9C8CCC(=O)NC8=O)CC7)cc6)cc5F)CC4)n(C)c3=[N+]=C=C2)c(=O)c1. The quantitative estimate of drug-likeness (QED) is 0.147. The molecule has 0 aliphatic carbocycles. The van der Waals surface area contributed by atoms with E-state index in [0.717, 1.165) is 71.3 Å². The minimum Gasteiger partial charge on any atom is -0.388 e. The van der Waals surface area contributed by atoms with E-state index in [1.165, 1.54) is 15.5 Å². The second kappa shape index (κ2) is 18.8. The van der Waals surface area contributed by atoms with E-state index in [1.54, 1.807) is 42.6 Å². The Morgan fingerprint density at radius 3 is 2.17 bits per heavy atom. The summed E-state index contributed by atoms with van der Waals surface area (Å²) in [6, 6.07) is 20.7. The Bertz CT molecular complexity index is 3410. The average molecular weight is 950 g/mol. The highest BCUT2D eigenvalue weighted by molar-refractivity contribution is 6.05. The van der Waals surface area contributed by atoms with E-state index < -0.39 is 29.5 Å². The van der Waals surface area contributed by atoms with Crippen LogP contribution in [0.1, 0.15) is 89.1 Å². The molecular formula is C53H55F2N10O5+. The number of nitrogens with one attached hydrogen (secondary N) is 2. The third kappa shape index (κ3) is 8.66. The lowest BCUT2D eigenvalue weighted by atomic mass is 9.88. The summed E-state index contributed by atoms with van der Waals surface area (Å²) in [7, 11) is 7.01. The van der Waals surface area contributed by atoms with Crippen LogP contribution < -0.4 is 42.2 Å². The van der Waals surface area contributed by atoms with E-state index >= 15 is 8.78 Å². The van der Waals surface area contributed by atoms with E-state index in [4.69, 9.17) is 0 Å². The van der Waals surface area contributed by atoms with Crippen molar-refractivity contribution in [3.05, 3.63) is 156 Å². The molecule has 0 bridgehead atoms. The van der Waals surface area contributed by atoms with Gasteiger partial charge in [0.1, 0.15) is 28.6 Å². The topological polar surface area (TPSA) is 153 Å². The van der Waals surface area contributed by atoms with Crippen LogP contribution in [0.2, 0.25) is 0 Å². The number of likely N-dealkylation sites (tertiary alicyclic amines) is 2. The predicted octanol–water partition coefficient (Wildman–Crippen LogP) is 3.76. The van der Waals surface area contributed by atoms with Gasteiger partial charge in [0.05, 0.1) is 36.4 Å². The van der Waals surface area contributed by atoms with Gasteiger partial charge in [0.25, 0.3) is 11.5 Å². The molecule has 3 saturated heterocycles. The van der Waals surface area contributed by atoms with Crippen LogP contribution in [0.3, 0.4) is 0 Å². The lowest BCUT2D eigenvalue weighted by molar-refractivity contribution is -0.135. The fourth-order valence-electron chi connectivity index (χ4n) is 10.8. The van der Waals surface area contributed by atoms with Crippen molar-refractivity contribution in [2.45, 2.75) is 69.5 Å². The number of rotatable bonds is 11. The molecule has 1 unspecified atom stereocenters. The van der Waals surface area contributed by atoms with Gasteiger partial charge in [-0.1, -0.05) is 18.2 Å². The number of fused-ring (bicyclic) bond motifs is 2. The Balaban J connectivity index is 0.734. The minimum absolute atomic E-state index is 0.0210. The van der Waals surface area contributed by atoms with Gasteiger partial charge in [-0.2, -0.15) is 4.67 Å². The van der Waals surface area contributed by atoms with Gasteiger partial charge in [-0.3, -0.25) is 48.0 Å². The molecule has 3 aromatic heterocycles. The summed E-state index contributed by atoms with van der Waals surface area (Å²) in [5.74, 6) is 0.208. The fraction of sp³-hybridized carbons (Fsp3) is 0.358. The first-order valence-corrected chi connectivity index (χ1v) is 23.9. The number of carbonyl (C=O) groups excluding carboxylic acids is 3. The number of imidazole rings is 1. The molecule has 4 aliphatic heterocycles. The fourth-order valence-corrected chi connectivity index (χ4v) is 10.8. The number of hydrogen-bond acceptors (Lipinski definition) is 8. The summed E-state index contributed by atoms with van der Waals surface area (Å²) in [6.45, 7) is 4.28. The van der Waals surface area contributed by atoms with Crippen molar-refractivity contribution in [3.8, 4) is 0 Å². The van der Waals surface area contributed by atoms with Gasteiger partial charge >= 0.3 is 11.2 Å². The molecule has 6 aromatic rings. The van der Waals surface area contributed by atoms with E-state index in [-0.39, 0.29) is 47.0 Å². The highest BCUT2D eigenvalue weighted by atomic mass is 19.1.